The fourth-order valence-corrected chi connectivity index (χ4v) is 4.38. The number of ether oxygens (including phenoxy) is 1. The van der Waals surface area contributed by atoms with Crippen molar-refractivity contribution in [3.05, 3.63) is 76.2 Å². The molecule has 0 saturated heterocycles. The quantitative estimate of drug-likeness (QED) is 0.393. The summed E-state index contributed by atoms with van der Waals surface area (Å²) in [7, 11) is 0.105. The van der Waals surface area contributed by atoms with Crippen LogP contribution in [0.3, 0.4) is 0 Å². The van der Waals surface area contributed by atoms with Gasteiger partial charge in [0.2, 0.25) is 5.91 Å². The highest BCUT2D eigenvalue weighted by Gasteiger charge is 2.24. The lowest BCUT2D eigenvalue weighted by Crippen LogP contribution is -2.39. The monoisotopic (exact) mass is 452 g/mol. The molecule has 2 aromatic carbocycles. The molecule has 1 heterocycles. The highest BCUT2D eigenvalue weighted by molar-refractivity contribution is 6.88. The Labute approximate surface area is 187 Å². The van der Waals surface area contributed by atoms with Crippen LogP contribution in [-0.2, 0) is 16.0 Å². The predicted octanol–water partition coefficient (Wildman–Crippen LogP) is 2.30. The molecule has 3 aromatic rings. The highest BCUT2D eigenvalue weighted by Crippen LogP contribution is 2.20. The van der Waals surface area contributed by atoms with Crippen molar-refractivity contribution in [3.8, 4) is 5.75 Å². The van der Waals surface area contributed by atoms with Crippen LogP contribution >= 0.6 is 0 Å². The van der Waals surface area contributed by atoms with Crippen molar-refractivity contribution >= 4 is 30.8 Å². The average Bonchev–Trinajstić information content (AvgIpc) is 3.16. The molecule has 4 N–H and O–H groups in total. The first kappa shape index (κ1) is 23.1. The number of hydrogen-bond acceptors (Lipinski definition) is 4. The van der Waals surface area contributed by atoms with Crippen LogP contribution in [0.2, 0.25) is 19.6 Å². The SMILES string of the molecule is COc1ccc(C(NC(=O)Cc2c[nH][nH]c2=O)C(=O)Nc2ccc([Si](C)(C)C)cc2)cc1. The van der Waals surface area contributed by atoms with Crippen LogP contribution in [0.25, 0.3) is 0 Å². The summed E-state index contributed by atoms with van der Waals surface area (Å²) >= 11 is 0. The number of aromatic amines is 2. The van der Waals surface area contributed by atoms with E-state index in [-0.39, 0.29) is 17.9 Å². The van der Waals surface area contributed by atoms with Gasteiger partial charge in [0.15, 0.2) is 0 Å². The van der Waals surface area contributed by atoms with Gasteiger partial charge in [0, 0.05) is 17.4 Å². The Morgan fingerprint density at radius 1 is 1.03 bits per heavy atom. The molecule has 2 amide bonds. The Kier molecular flexibility index (Phi) is 6.99. The van der Waals surface area contributed by atoms with Crippen LogP contribution in [0.1, 0.15) is 17.2 Å². The first-order valence-electron chi connectivity index (χ1n) is 10.3. The summed E-state index contributed by atoms with van der Waals surface area (Å²) in [6, 6.07) is 13.8. The minimum atomic E-state index is -1.45. The molecule has 0 bridgehead atoms. The van der Waals surface area contributed by atoms with Crippen LogP contribution in [0.15, 0.2) is 59.5 Å². The van der Waals surface area contributed by atoms with Gasteiger partial charge in [-0.05, 0) is 29.8 Å². The molecule has 3 rings (SSSR count). The van der Waals surface area contributed by atoms with Gasteiger partial charge in [-0.1, -0.05) is 49.1 Å². The summed E-state index contributed by atoms with van der Waals surface area (Å²) in [4.78, 5) is 37.4. The van der Waals surface area contributed by atoms with Gasteiger partial charge >= 0.3 is 0 Å². The lowest BCUT2D eigenvalue weighted by atomic mass is 10.0. The summed E-state index contributed by atoms with van der Waals surface area (Å²) in [6.45, 7) is 6.77. The van der Waals surface area contributed by atoms with E-state index in [4.69, 9.17) is 4.74 Å². The van der Waals surface area contributed by atoms with Crippen LogP contribution in [0.4, 0.5) is 5.69 Å². The molecule has 0 aliphatic rings. The van der Waals surface area contributed by atoms with Crippen molar-refractivity contribution < 1.29 is 14.3 Å². The van der Waals surface area contributed by atoms with Gasteiger partial charge in [0.25, 0.3) is 11.5 Å². The Morgan fingerprint density at radius 3 is 2.22 bits per heavy atom. The summed E-state index contributed by atoms with van der Waals surface area (Å²) in [6.07, 6.45) is 1.29. The molecule has 0 spiro atoms. The lowest BCUT2D eigenvalue weighted by Gasteiger charge is -2.20. The standard InChI is InChI=1S/C23H28N4O4Si/c1-31-18-9-5-15(6-10-18)21(26-20(28)13-16-14-24-27-22(16)29)23(30)25-17-7-11-19(12-8-17)32(2,3)4/h5-12,14,21H,13H2,1-4H3,(H,25,30)(H,26,28)(H2,24,27,29). The normalized spacial score (nSPS) is 12.1. The maximum absolute atomic E-state index is 13.1. The molecule has 0 fully saturated rings. The second kappa shape index (κ2) is 9.69. The highest BCUT2D eigenvalue weighted by atomic mass is 28.3. The zero-order chi connectivity index (χ0) is 23.3. The van der Waals surface area contributed by atoms with E-state index in [1.807, 2.05) is 24.3 Å². The number of anilines is 1. The second-order valence-corrected chi connectivity index (χ2v) is 13.6. The van der Waals surface area contributed by atoms with Crippen LogP contribution in [0, 0.1) is 0 Å². The third-order valence-corrected chi connectivity index (χ3v) is 7.18. The van der Waals surface area contributed by atoms with E-state index in [1.165, 1.54) is 11.4 Å². The second-order valence-electron chi connectivity index (χ2n) is 8.54. The van der Waals surface area contributed by atoms with Gasteiger partial charge in [-0.25, -0.2) is 0 Å². The largest absolute Gasteiger partial charge is 0.497 e. The average molecular weight is 453 g/mol. The van der Waals surface area contributed by atoms with Crippen molar-refractivity contribution in [2.75, 3.05) is 12.4 Å². The number of aromatic nitrogens is 2. The van der Waals surface area contributed by atoms with Crippen molar-refractivity contribution in [2.24, 2.45) is 0 Å². The molecule has 0 saturated carbocycles. The summed E-state index contributed by atoms with van der Waals surface area (Å²) in [5.74, 6) is -0.188. The van der Waals surface area contributed by atoms with Gasteiger partial charge in [0.05, 0.1) is 21.6 Å². The molecular formula is C23H28N4O4Si. The molecule has 0 aliphatic carbocycles. The molecule has 1 unspecified atom stereocenters. The Hall–Kier alpha value is -3.59. The van der Waals surface area contributed by atoms with Crippen molar-refractivity contribution in [1.82, 2.24) is 15.5 Å². The zero-order valence-electron chi connectivity index (χ0n) is 18.6. The summed E-state index contributed by atoms with van der Waals surface area (Å²) < 4.78 is 5.18. The van der Waals surface area contributed by atoms with Crippen LogP contribution in [0.5, 0.6) is 5.75 Å². The minimum absolute atomic E-state index is 0.149. The fraction of sp³-hybridized carbons (Fsp3) is 0.261. The topological polar surface area (TPSA) is 116 Å². The van der Waals surface area contributed by atoms with E-state index < -0.39 is 20.0 Å². The number of methoxy groups -OCH3 is 1. The Morgan fingerprint density at radius 2 is 1.69 bits per heavy atom. The molecule has 1 aromatic heterocycles. The zero-order valence-corrected chi connectivity index (χ0v) is 19.6. The predicted molar refractivity (Wildman–Crippen MR) is 127 cm³/mol. The number of nitrogens with one attached hydrogen (secondary N) is 4. The molecule has 0 radical (unpaired) electrons. The van der Waals surface area contributed by atoms with Crippen molar-refractivity contribution in [1.29, 1.82) is 0 Å². The molecular weight excluding hydrogens is 424 g/mol. The van der Waals surface area contributed by atoms with Gasteiger partial charge < -0.3 is 20.5 Å². The number of carbonyl (C=O) groups excluding carboxylic acids is 2. The van der Waals surface area contributed by atoms with E-state index >= 15 is 0 Å². The lowest BCUT2D eigenvalue weighted by molar-refractivity contribution is -0.126. The Bertz CT molecular complexity index is 1130. The third-order valence-electron chi connectivity index (χ3n) is 5.11. The number of rotatable bonds is 8. The summed E-state index contributed by atoms with van der Waals surface area (Å²) in [5.41, 5.74) is 1.16. The number of hydrogen-bond donors (Lipinski definition) is 4. The minimum Gasteiger partial charge on any atom is -0.497 e. The summed E-state index contributed by atoms with van der Waals surface area (Å²) in [5, 5.41) is 11.9. The van der Waals surface area contributed by atoms with Crippen molar-refractivity contribution in [3.63, 3.8) is 0 Å². The van der Waals surface area contributed by atoms with E-state index in [9.17, 15) is 14.4 Å². The maximum atomic E-state index is 13.1. The van der Waals surface area contributed by atoms with Gasteiger partial charge in [0.1, 0.15) is 11.8 Å². The molecule has 1 atom stereocenters. The third kappa shape index (κ3) is 5.76. The van der Waals surface area contributed by atoms with Gasteiger partial charge in [-0.3, -0.25) is 19.5 Å². The smallest absolute Gasteiger partial charge is 0.267 e. The van der Waals surface area contributed by atoms with Gasteiger partial charge in [-0.15, -0.1) is 0 Å². The number of benzene rings is 2. The molecule has 0 aliphatic heterocycles. The number of H-pyrrole nitrogens is 2. The van der Waals surface area contributed by atoms with Gasteiger partial charge in [-0.2, -0.15) is 0 Å². The fourth-order valence-electron chi connectivity index (χ4n) is 3.22. The van der Waals surface area contributed by atoms with Crippen LogP contribution < -0.4 is 26.1 Å². The maximum Gasteiger partial charge on any atom is 0.267 e. The molecule has 168 valence electrons. The van der Waals surface area contributed by atoms with E-state index in [1.54, 1.807) is 31.4 Å². The molecule has 9 heteroatoms. The van der Waals surface area contributed by atoms with E-state index in [0.717, 1.165) is 0 Å². The first-order chi connectivity index (χ1) is 15.2. The van der Waals surface area contributed by atoms with E-state index in [2.05, 4.69) is 40.5 Å². The van der Waals surface area contributed by atoms with Crippen LogP contribution in [-0.4, -0.2) is 37.2 Å². The number of carbonyl (C=O) groups is 2. The first-order valence-corrected chi connectivity index (χ1v) is 13.8. The number of amides is 2. The van der Waals surface area contributed by atoms with Crippen molar-refractivity contribution in [2.45, 2.75) is 32.1 Å². The molecule has 8 nitrogen and oxygen atoms in total. The Balaban J connectivity index is 1.80. The van der Waals surface area contributed by atoms with E-state index in [0.29, 0.717) is 22.6 Å². The molecule has 32 heavy (non-hydrogen) atoms.